The van der Waals surface area contributed by atoms with Crippen LogP contribution in [0.5, 0.6) is 0 Å². The Labute approximate surface area is 125 Å². The van der Waals surface area contributed by atoms with Crippen LogP contribution in [0.2, 0.25) is 10.0 Å². The van der Waals surface area contributed by atoms with Crippen molar-refractivity contribution in [2.75, 3.05) is 17.2 Å². The number of carbonyl (C=O) groups is 1. The Hall–Kier alpha value is -1.78. The van der Waals surface area contributed by atoms with E-state index >= 15 is 0 Å². The van der Waals surface area contributed by atoms with Crippen molar-refractivity contribution < 1.29 is 9.18 Å². The van der Waals surface area contributed by atoms with Gasteiger partial charge in [-0.1, -0.05) is 35.3 Å². The highest BCUT2D eigenvalue weighted by Gasteiger charge is 2.06. The molecule has 6 heteroatoms. The van der Waals surface area contributed by atoms with Gasteiger partial charge in [0.1, 0.15) is 5.82 Å². The van der Waals surface area contributed by atoms with Crippen molar-refractivity contribution in [2.45, 2.75) is 0 Å². The van der Waals surface area contributed by atoms with Gasteiger partial charge in [-0.15, -0.1) is 0 Å². The maximum absolute atomic E-state index is 13.3. The van der Waals surface area contributed by atoms with Crippen LogP contribution in [0.25, 0.3) is 0 Å². The summed E-state index contributed by atoms with van der Waals surface area (Å²) in [6.07, 6.45) is 0. The number of para-hydroxylation sites is 1. The van der Waals surface area contributed by atoms with Crippen molar-refractivity contribution in [2.24, 2.45) is 0 Å². The summed E-state index contributed by atoms with van der Waals surface area (Å²) < 4.78 is 13.3. The molecule has 0 heterocycles. The predicted octanol–water partition coefficient (Wildman–Crippen LogP) is 4.18. The number of anilines is 2. The van der Waals surface area contributed by atoms with E-state index in [4.69, 9.17) is 23.2 Å². The number of rotatable bonds is 4. The fourth-order valence-electron chi connectivity index (χ4n) is 1.61. The van der Waals surface area contributed by atoms with E-state index in [1.165, 1.54) is 6.07 Å². The second-order valence-corrected chi connectivity index (χ2v) is 4.91. The molecule has 0 aromatic heterocycles. The van der Waals surface area contributed by atoms with Gasteiger partial charge in [0.2, 0.25) is 5.91 Å². The highest BCUT2D eigenvalue weighted by molar-refractivity contribution is 6.35. The fourth-order valence-corrected chi connectivity index (χ4v) is 2.14. The Morgan fingerprint density at radius 3 is 2.40 bits per heavy atom. The molecule has 0 bridgehead atoms. The van der Waals surface area contributed by atoms with Gasteiger partial charge in [-0.25, -0.2) is 4.39 Å². The van der Waals surface area contributed by atoms with Gasteiger partial charge in [0.25, 0.3) is 0 Å². The van der Waals surface area contributed by atoms with E-state index in [2.05, 4.69) is 10.6 Å². The quantitative estimate of drug-likeness (QED) is 0.889. The normalized spacial score (nSPS) is 10.2. The first-order chi connectivity index (χ1) is 9.54. The van der Waals surface area contributed by atoms with Crippen molar-refractivity contribution >= 4 is 40.5 Å². The van der Waals surface area contributed by atoms with E-state index < -0.39 is 5.82 Å². The Balaban J connectivity index is 1.94. The molecule has 0 aliphatic carbocycles. The van der Waals surface area contributed by atoms with E-state index in [1.54, 1.807) is 36.4 Å². The summed E-state index contributed by atoms with van der Waals surface area (Å²) >= 11 is 11.7. The number of carbonyl (C=O) groups excluding carboxylic acids is 1. The van der Waals surface area contributed by atoms with E-state index in [0.29, 0.717) is 15.7 Å². The largest absolute Gasteiger partial charge is 0.374 e. The highest BCUT2D eigenvalue weighted by Crippen LogP contribution is 2.22. The summed E-state index contributed by atoms with van der Waals surface area (Å²) in [4.78, 5) is 11.7. The first-order valence-electron chi connectivity index (χ1n) is 5.79. The molecule has 0 aliphatic heterocycles. The lowest BCUT2D eigenvalue weighted by molar-refractivity contribution is -0.114. The zero-order chi connectivity index (χ0) is 14.5. The Bertz CT molecular complexity index is 614. The third-order valence-corrected chi connectivity index (χ3v) is 2.90. The number of halogens is 3. The molecule has 0 saturated carbocycles. The smallest absolute Gasteiger partial charge is 0.243 e. The molecule has 0 radical (unpaired) electrons. The van der Waals surface area contributed by atoms with Crippen molar-refractivity contribution in [3.63, 3.8) is 0 Å². The first-order valence-corrected chi connectivity index (χ1v) is 6.54. The molecule has 2 aromatic carbocycles. The second kappa shape index (κ2) is 6.59. The van der Waals surface area contributed by atoms with Crippen LogP contribution in [0.3, 0.4) is 0 Å². The van der Waals surface area contributed by atoms with Crippen LogP contribution in [-0.4, -0.2) is 12.5 Å². The van der Waals surface area contributed by atoms with Crippen LogP contribution in [0.15, 0.2) is 42.5 Å². The van der Waals surface area contributed by atoms with Gasteiger partial charge in [-0.3, -0.25) is 4.79 Å². The third-order valence-electron chi connectivity index (χ3n) is 2.46. The van der Waals surface area contributed by atoms with Gasteiger partial charge >= 0.3 is 0 Å². The zero-order valence-electron chi connectivity index (χ0n) is 10.3. The Morgan fingerprint density at radius 1 is 1.10 bits per heavy atom. The first kappa shape index (κ1) is 14.6. The average molecular weight is 313 g/mol. The minimum atomic E-state index is -0.411. The lowest BCUT2D eigenvalue weighted by Gasteiger charge is -2.09. The lowest BCUT2D eigenvalue weighted by atomic mass is 10.3. The van der Waals surface area contributed by atoms with E-state index in [0.717, 1.165) is 0 Å². The molecular formula is C14H11Cl2FN2O. The standard InChI is InChI=1S/C14H11Cl2FN2O/c15-9-5-10(16)7-11(6-9)19-14(20)8-18-13-4-2-1-3-12(13)17/h1-7,18H,8H2,(H,19,20). The maximum atomic E-state index is 13.3. The third kappa shape index (κ3) is 4.11. The second-order valence-electron chi connectivity index (χ2n) is 4.04. The van der Waals surface area contributed by atoms with E-state index in [1.807, 2.05) is 0 Å². The monoisotopic (exact) mass is 312 g/mol. The van der Waals surface area contributed by atoms with Crippen LogP contribution in [0.1, 0.15) is 0 Å². The summed E-state index contributed by atoms with van der Waals surface area (Å²) in [6.45, 7) is -0.0644. The minimum Gasteiger partial charge on any atom is -0.374 e. The zero-order valence-corrected chi connectivity index (χ0v) is 11.8. The number of hydrogen-bond acceptors (Lipinski definition) is 2. The lowest BCUT2D eigenvalue weighted by Crippen LogP contribution is -2.22. The molecule has 0 fully saturated rings. The highest BCUT2D eigenvalue weighted by atomic mass is 35.5. The average Bonchev–Trinajstić information content (AvgIpc) is 2.36. The summed E-state index contributed by atoms with van der Waals surface area (Å²) in [6, 6.07) is 10.9. The Morgan fingerprint density at radius 2 is 1.75 bits per heavy atom. The molecule has 2 N–H and O–H groups in total. The van der Waals surface area contributed by atoms with Crippen molar-refractivity contribution in [1.82, 2.24) is 0 Å². The number of benzene rings is 2. The molecular weight excluding hydrogens is 302 g/mol. The number of nitrogens with one attached hydrogen (secondary N) is 2. The number of amides is 1. The summed E-state index contributed by atoms with van der Waals surface area (Å²) in [7, 11) is 0. The van der Waals surface area contributed by atoms with E-state index in [9.17, 15) is 9.18 Å². The van der Waals surface area contributed by atoms with E-state index in [-0.39, 0.29) is 18.1 Å². The minimum absolute atomic E-state index is 0.0644. The van der Waals surface area contributed by atoms with Crippen molar-refractivity contribution in [3.05, 3.63) is 58.3 Å². The maximum Gasteiger partial charge on any atom is 0.243 e. The van der Waals surface area contributed by atoms with Gasteiger partial charge in [-0.2, -0.15) is 0 Å². The van der Waals surface area contributed by atoms with Crippen LogP contribution < -0.4 is 10.6 Å². The van der Waals surface area contributed by atoms with Crippen LogP contribution in [-0.2, 0) is 4.79 Å². The molecule has 3 nitrogen and oxygen atoms in total. The summed E-state index contributed by atoms with van der Waals surface area (Å²) in [5.41, 5.74) is 0.759. The molecule has 0 saturated heterocycles. The summed E-state index contributed by atoms with van der Waals surface area (Å²) in [5, 5.41) is 6.18. The molecule has 104 valence electrons. The number of hydrogen-bond donors (Lipinski definition) is 2. The molecule has 0 aliphatic rings. The molecule has 0 spiro atoms. The van der Waals surface area contributed by atoms with Crippen LogP contribution in [0.4, 0.5) is 15.8 Å². The molecule has 1 amide bonds. The molecule has 2 rings (SSSR count). The van der Waals surface area contributed by atoms with Crippen molar-refractivity contribution in [3.8, 4) is 0 Å². The molecule has 2 aromatic rings. The molecule has 0 atom stereocenters. The van der Waals surface area contributed by atoms with Gasteiger partial charge < -0.3 is 10.6 Å². The molecule has 0 unspecified atom stereocenters. The summed E-state index contributed by atoms with van der Waals surface area (Å²) in [5.74, 6) is -0.738. The van der Waals surface area contributed by atoms with Gasteiger partial charge in [0.15, 0.2) is 0 Å². The van der Waals surface area contributed by atoms with Gasteiger partial charge in [0, 0.05) is 15.7 Å². The Kier molecular flexibility index (Phi) is 4.82. The van der Waals surface area contributed by atoms with Crippen LogP contribution in [0, 0.1) is 5.82 Å². The topological polar surface area (TPSA) is 41.1 Å². The SMILES string of the molecule is O=C(CNc1ccccc1F)Nc1cc(Cl)cc(Cl)c1. The van der Waals surface area contributed by atoms with Gasteiger partial charge in [-0.05, 0) is 30.3 Å². The fraction of sp³-hybridized carbons (Fsp3) is 0.0714. The predicted molar refractivity (Wildman–Crippen MR) is 80.0 cm³/mol. The van der Waals surface area contributed by atoms with Crippen LogP contribution >= 0.6 is 23.2 Å². The molecule has 20 heavy (non-hydrogen) atoms. The van der Waals surface area contributed by atoms with Crippen molar-refractivity contribution in [1.29, 1.82) is 0 Å². The van der Waals surface area contributed by atoms with Gasteiger partial charge in [0.05, 0.1) is 12.2 Å².